The number of fused-ring (bicyclic) bond motifs is 1. The summed E-state index contributed by atoms with van der Waals surface area (Å²) >= 11 is 5.82. The maximum Gasteiger partial charge on any atom is 0.356 e. The lowest BCUT2D eigenvalue weighted by Crippen LogP contribution is -2.62. The Morgan fingerprint density at radius 2 is 1.69 bits per heavy atom. The van der Waals surface area contributed by atoms with Crippen molar-refractivity contribution in [3.63, 3.8) is 0 Å². The number of carbonyl (C=O) groups excluding carboxylic acids is 3. The molecule has 6 nitrogen and oxygen atoms in total. The van der Waals surface area contributed by atoms with E-state index in [0.29, 0.717) is 17.1 Å². The van der Waals surface area contributed by atoms with Gasteiger partial charge in [-0.1, -0.05) is 60.7 Å². The van der Waals surface area contributed by atoms with E-state index in [1.54, 1.807) is 11.8 Å². The van der Waals surface area contributed by atoms with Crippen molar-refractivity contribution in [1.82, 2.24) is 4.90 Å². The molecule has 0 aliphatic carbocycles. The number of thioether (sulfide) groups is 1. The number of rotatable bonds is 7. The summed E-state index contributed by atoms with van der Waals surface area (Å²) in [6.07, 6.45) is -0.641. The molecule has 2 heterocycles. The second-order valence-electron chi connectivity index (χ2n) is 7.54. The Bertz CT molecular complexity index is 1000. The largest absolute Gasteiger partial charge is 0.461 e. The van der Waals surface area contributed by atoms with Crippen LogP contribution in [0.4, 0.5) is 0 Å². The lowest BCUT2D eigenvalue weighted by Gasteiger charge is -2.49. The molecule has 1 fully saturated rings. The first-order valence-electron chi connectivity index (χ1n) is 10.2. The maximum atomic E-state index is 13.5. The zero-order valence-electron chi connectivity index (χ0n) is 17.5. The third-order valence-electron chi connectivity index (χ3n) is 5.43. The minimum absolute atomic E-state index is 0.0594. The summed E-state index contributed by atoms with van der Waals surface area (Å²) in [5.74, 6) is -0.600. The third-order valence-corrected chi connectivity index (χ3v) is 7.22. The molecule has 1 amide bonds. The molecule has 0 saturated carbocycles. The SMILES string of the molecule is CC(=O)OCC1=C(C(=O)OC(c2ccccc2)c2ccccc2)N2C(=O)[C@@H](CS)[C@H]2SC1. The van der Waals surface area contributed by atoms with Crippen molar-refractivity contribution in [2.24, 2.45) is 5.92 Å². The van der Waals surface area contributed by atoms with E-state index < -0.39 is 18.0 Å². The van der Waals surface area contributed by atoms with Gasteiger partial charge in [-0.25, -0.2) is 4.79 Å². The van der Waals surface area contributed by atoms with Crippen LogP contribution in [-0.4, -0.2) is 46.2 Å². The van der Waals surface area contributed by atoms with Gasteiger partial charge in [-0.15, -0.1) is 11.8 Å². The van der Waals surface area contributed by atoms with Crippen LogP contribution in [0, 0.1) is 5.92 Å². The number of amides is 1. The van der Waals surface area contributed by atoms with Crippen molar-refractivity contribution in [2.75, 3.05) is 18.1 Å². The zero-order valence-corrected chi connectivity index (χ0v) is 19.2. The predicted octanol–water partition coefficient (Wildman–Crippen LogP) is 3.60. The summed E-state index contributed by atoms with van der Waals surface area (Å²) in [6.45, 7) is 1.25. The van der Waals surface area contributed by atoms with Crippen LogP contribution in [0.3, 0.4) is 0 Å². The van der Waals surface area contributed by atoms with Gasteiger partial charge in [0, 0.05) is 24.0 Å². The van der Waals surface area contributed by atoms with E-state index in [-0.39, 0.29) is 29.5 Å². The molecule has 1 saturated heterocycles. The first-order chi connectivity index (χ1) is 15.5. The van der Waals surface area contributed by atoms with Crippen molar-refractivity contribution < 1.29 is 23.9 Å². The van der Waals surface area contributed by atoms with Gasteiger partial charge in [-0.05, 0) is 11.1 Å². The van der Waals surface area contributed by atoms with E-state index in [1.165, 1.54) is 11.8 Å². The highest BCUT2D eigenvalue weighted by Crippen LogP contribution is 2.45. The Morgan fingerprint density at radius 1 is 1.09 bits per heavy atom. The van der Waals surface area contributed by atoms with Crippen LogP contribution in [0.15, 0.2) is 71.9 Å². The topological polar surface area (TPSA) is 72.9 Å². The second-order valence-corrected chi connectivity index (χ2v) is 9.01. The number of hydrogen-bond donors (Lipinski definition) is 1. The third kappa shape index (κ3) is 4.42. The van der Waals surface area contributed by atoms with Crippen LogP contribution in [0.2, 0.25) is 0 Å². The molecular weight excluding hydrogens is 446 g/mol. The number of β-lactam (4-membered cyclic amide) rings is 1. The first kappa shape index (κ1) is 22.5. The first-order valence-corrected chi connectivity index (χ1v) is 11.9. The van der Waals surface area contributed by atoms with Crippen molar-refractivity contribution in [1.29, 1.82) is 0 Å². The minimum atomic E-state index is -0.641. The molecule has 2 aromatic rings. The summed E-state index contributed by atoms with van der Waals surface area (Å²) in [7, 11) is 0. The van der Waals surface area contributed by atoms with Crippen LogP contribution in [0.1, 0.15) is 24.2 Å². The fraction of sp³-hybridized carbons (Fsp3) is 0.292. The quantitative estimate of drug-likeness (QED) is 0.380. The minimum Gasteiger partial charge on any atom is -0.461 e. The van der Waals surface area contributed by atoms with E-state index in [9.17, 15) is 14.4 Å². The average molecular weight is 470 g/mol. The van der Waals surface area contributed by atoms with E-state index in [4.69, 9.17) is 9.47 Å². The average Bonchev–Trinajstić information content (AvgIpc) is 2.81. The molecule has 0 aromatic heterocycles. The smallest absolute Gasteiger partial charge is 0.356 e. The summed E-state index contributed by atoms with van der Waals surface area (Å²) in [5, 5.41) is -0.171. The predicted molar refractivity (Wildman–Crippen MR) is 125 cm³/mol. The molecule has 8 heteroatoms. The van der Waals surface area contributed by atoms with Crippen molar-refractivity contribution in [2.45, 2.75) is 18.4 Å². The number of hydrogen-bond acceptors (Lipinski definition) is 7. The van der Waals surface area contributed by atoms with E-state index >= 15 is 0 Å². The van der Waals surface area contributed by atoms with Gasteiger partial charge in [-0.3, -0.25) is 14.5 Å². The van der Waals surface area contributed by atoms with Crippen molar-refractivity contribution in [3.8, 4) is 0 Å². The lowest BCUT2D eigenvalue weighted by atomic mass is 9.97. The fourth-order valence-electron chi connectivity index (χ4n) is 3.83. The van der Waals surface area contributed by atoms with Crippen LogP contribution < -0.4 is 0 Å². The Hall–Kier alpha value is -2.71. The summed E-state index contributed by atoms with van der Waals surface area (Å²) < 4.78 is 11.2. The van der Waals surface area contributed by atoms with Gasteiger partial charge in [0.1, 0.15) is 12.3 Å². The van der Waals surface area contributed by atoms with Crippen LogP contribution in [0.25, 0.3) is 0 Å². The monoisotopic (exact) mass is 469 g/mol. The Kier molecular flexibility index (Phi) is 6.91. The van der Waals surface area contributed by atoms with Crippen LogP contribution in [0.5, 0.6) is 0 Å². The highest BCUT2D eigenvalue weighted by Gasteiger charge is 2.53. The molecule has 2 aromatic carbocycles. The fourth-order valence-corrected chi connectivity index (χ4v) is 5.73. The van der Waals surface area contributed by atoms with E-state index in [0.717, 1.165) is 11.1 Å². The van der Waals surface area contributed by atoms with Crippen molar-refractivity contribution in [3.05, 3.63) is 83.1 Å². The molecule has 4 rings (SSSR count). The van der Waals surface area contributed by atoms with Crippen LogP contribution >= 0.6 is 24.4 Å². The molecule has 0 N–H and O–H groups in total. The molecule has 166 valence electrons. The van der Waals surface area contributed by atoms with Gasteiger partial charge in [0.05, 0.1) is 11.3 Å². The highest BCUT2D eigenvalue weighted by atomic mass is 32.2. The molecular formula is C24H23NO5S2. The van der Waals surface area contributed by atoms with Gasteiger partial charge in [0.15, 0.2) is 6.10 Å². The normalized spacial score (nSPS) is 20.0. The van der Waals surface area contributed by atoms with Gasteiger partial charge >= 0.3 is 11.9 Å². The van der Waals surface area contributed by atoms with Gasteiger partial charge in [0.2, 0.25) is 5.91 Å². The number of esters is 2. The molecule has 0 radical (unpaired) electrons. The van der Waals surface area contributed by atoms with E-state index in [2.05, 4.69) is 12.6 Å². The number of thiol groups is 1. The number of ether oxygens (including phenoxy) is 2. The number of nitrogens with zero attached hydrogens (tertiary/aromatic N) is 1. The number of carbonyl (C=O) groups is 3. The molecule has 32 heavy (non-hydrogen) atoms. The highest BCUT2D eigenvalue weighted by molar-refractivity contribution is 8.00. The van der Waals surface area contributed by atoms with Gasteiger partial charge < -0.3 is 9.47 Å². The standard InChI is InChI=1S/C24H23NO5S2/c1-15(26)29-12-18-14-32-23-19(13-31)22(27)25(23)20(18)24(28)30-21(16-8-4-2-5-9-16)17-10-6-3-7-11-17/h2-11,19,21,23,31H,12-14H2,1H3/t19-,23-/m1/s1. The summed E-state index contributed by atoms with van der Waals surface area (Å²) in [6, 6.07) is 18.9. The van der Waals surface area contributed by atoms with Gasteiger partial charge in [0.25, 0.3) is 0 Å². The Morgan fingerprint density at radius 3 is 2.22 bits per heavy atom. The molecule has 2 aliphatic rings. The molecule has 2 aliphatic heterocycles. The van der Waals surface area contributed by atoms with E-state index in [1.807, 2.05) is 60.7 Å². The lowest BCUT2D eigenvalue weighted by molar-refractivity contribution is -0.155. The second kappa shape index (κ2) is 9.83. The Balaban J connectivity index is 1.68. The number of benzene rings is 2. The van der Waals surface area contributed by atoms with Crippen LogP contribution in [-0.2, 0) is 23.9 Å². The molecule has 0 bridgehead atoms. The summed E-state index contributed by atoms with van der Waals surface area (Å²) in [5.41, 5.74) is 2.38. The molecule has 2 atom stereocenters. The van der Waals surface area contributed by atoms with Crippen molar-refractivity contribution >= 4 is 42.2 Å². The van der Waals surface area contributed by atoms with Gasteiger partial charge in [-0.2, -0.15) is 12.6 Å². The molecule has 0 spiro atoms. The maximum absolute atomic E-state index is 13.5. The summed E-state index contributed by atoms with van der Waals surface area (Å²) in [4.78, 5) is 39.1. The Labute approximate surface area is 196 Å². The molecule has 0 unspecified atom stereocenters. The zero-order chi connectivity index (χ0) is 22.7.